The summed E-state index contributed by atoms with van der Waals surface area (Å²) in [5.74, 6) is 2.53. The highest BCUT2D eigenvalue weighted by atomic mass is 32.2. The molecule has 4 aliphatic rings. The van der Waals surface area contributed by atoms with Crippen molar-refractivity contribution in [3.8, 4) is 0 Å². The van der Waals surface area contributed by atoms with E-state index in [1.165, 1.54) is 18.6 Å². The average molecular weight is 373 g/mol. The molecule has 1 saturated heterocycles. The van der Waals surface area contributed by atoms with Crippen LogP contribution in [0.15, 0.2) is 29.3 Å². The van der Waals surface area contributed by atoms with Crippen LogP contribution < -0.4 is 5.32 Å². The second-order valence-electron chi connectivity index (χ2n) is 9.51. The number of carbonyl (C=O) groups excluding carboxylic acids is 1. The van der Waals surface area contributed by atoms with Gasteiger partial charge >= 0.3 is 0 Å². The van der Waals surface area contributed by atoms with Crippen molar-refractivity contribution in [1.29, 1.82) is 0 Å². The van der Waals surface area contributed by atoms with Crippen LogP contribution in [0.2, 0.25) is 0 Å². The second-order valence-corrected chi connectivity index (χ2v) is 10.8. The maximum atomic E-state index is 13.1. The van der Waals surface area contributed by atoms with Gasteiger partial charge in [0, 0.05) is 18.3 Å². The summed E-state index contributed by atoms with van der Waals surface area (Å²) in [4.78, 5) is 17.9. The first-order chi connectivity index (χ1) is 12.4. The summed E-state index contributed by atoms with van der Waals surface area (Å²) >= 11 is 1.93. The van der Waals surface area contributed by atoms with Crippen LogP contribution in [0.25, 0.3) is 0 Å². The predicted molar refractivity (Wildman–Crippen MR) is 111 cm³/mol. The Kier molecular flexibility index (Phi) is 4.83. The smallest absolute Gasteiger partial charge is 0.224 e. The third kappa shape index (κ3) is 3.19. The predicted octanol–water partition coefficient (Wildman–Crippen LogP) is 4.40. The molecule has 3 atom stereocenters. The molecule has 0 bridgehead atoms. The van der Waals surface area contributed by atoms with Gasteiger partial charge in [0.05, 0.1) is 16.4 Å². The molecule has 0 aromatic carbocycles. The molecular formula is C22H32N2OS. The topological polar surface area (TPSA) is 41.5 Å². The van der Waals surface area contributed by atoms with E-state index in [1.54, 1.807) is 0 Å². The van der Waals surface area contributed by atoms with Gasteiger partial charge in [0.2, 0.25) is 5.91 Å². The number of amides is 1. The first kappa shape index (κ1) is 18.3. The Morgan fingerprint density at radius 3 is 2.69 bits per heavy atom. The fraction of sp³-hybridized carbons (Fsp3) is 0.727. The van der Waals surface area contributed by atoms with E-state index in [0.717, 1.165) is 37.5 Å². The molecule has 4 rings (SSSR count). The lowest BCUT2D eigenvalue weighted by molar-refractivity contribution is -0.126. The molecule has 2 aliphatic carbocycles. The van der Waals surface area contributed by atoms with Crippen molar-refractivity contribution in [2.75, 3.05) is 12.3 Å². The molecule has 4 heteroatoms. The van der Waals surface area contributed by atoms with Gasteiger partial charge in [-0.2, -0.15) is 0 Å². The van der Waals surface area contributed by atoms with E-state index in [-0.39, 0.29) is 10.7 Å². The lowest BCUT2D eigenvalue weighted by atomic mass is 9.71. The number of carbonyl (C=O) groups is 1. The van der Waals surface area contributed by atoms with Crippen molar-refractivity contribution < 1.29 is 4.79 Å². The fourth-order valence-corrected chi connectivity index (χ4v) is 7.12. The molecule has 2 heterocycles. The van der Waals surface area contributed by atoms with Gasteiger partial charge in [-0.05, 0) is 55.4 Å². The molecule has 3 unspecified atom stereocenters. The van der Waals surface area contributed by atoms with Gasteiger partial charge in [0.15, 0.2) is 0 Å². The van der Waals surface area contributed by atoms with Gasteiger partial charge in [-0.25, -0.2) is 0 Å². The van der Waals surface area contributed by atoms with Crippen molar-refractivity contribution in [3.63, 3.8) is 0 Å². The van der Waals surface area contributed by atoms with Crippen LogP contribution in [-0.2, 0) is 4.79 Å². The fourth-order valence-electron chi connectivity index (χ4n) is 5.33. The zero-order valence-electron chi connectivity index (χ0n) is 16.3. The second kappa shape index (κ2) is 6.85. The molecule has 2 aliphatic heterocycles. The van der Waals surface area contributed by atoms with Crippen molar-refractivity contribution in [2.45, 2.75) is 63.7 Å². The van der Waals surface area contributed by atoms with E-state index >= 15 is 0 Å². The Morgan fingerprint density at radius 2 is 1.96 bits per heavy atom. The molecule has 2 fully saturated rings. The average Bonchev–Trinajstić information content (AvgIpc) is 2.99. The Bertz CT molecular complexity index is 652. The highest BCUT2D eigenvalue weighted by Crippen LogP contribution is 2.53. The molecule has 0 aromatic rings. The van der Waals surface area contributed by atoms with Crippen molar-refractivity contribution >= 4 is 23.4 Å². The molecular weight excluding hydrogens is 340 g/mol. The number of allylic oxidation sites excluding steroid dienone is 3. The molecule has 1 N–H and O–H groups in total. The molecule has 1 saturated carbocycles. The van der Waals surface area contributed by atoms with E-state index < -0.39 is 0 Å². The van der Waals surface area contributed by atoms with Crippen molar-refractivity contribution in [3.05, 3.63) is 24.3 Å². The maximum absolute atomic E-state index is 13.1. The molecule has 3 nitrogen and oxygen atoms in total. The lowest BCUT2D eigenvalue weighted by Crippen LogP contribution is -2.48. The number of nitrogens with zero attached hydrogens (tertiary/aromatic N) is 1. The molecule has 1 spiro atoms. The number of hydrogen-bond acceptors (Lipinski definition) is 3. The largest absolute Gasteiger partial charge is 0.353 e. The van der Waals surface area contributed by atoms with Crippen molar-refractivity contribution in [2.24, 2.45) is 28.2 Å². The van der Waals surface area contributed by atoms with E-state index in [4.69, 9.17) is 4.99 Å². The van der Waals surface area contributed by atoms with Gasteiger partial charge in [-0.3, -0.25) is 9.79 Å². The Balaban J connectivity index is 1.39. The molecule has 26 heavy (non-hydrogen) atoms. The molecule has 1 amide bonds. The van der Waals surface area contributed by atoms with Crippen LogP contribution >= 0.6 is 11.8 Å². The van der Waals surface area contributed by atoms with E-state index in [2.05, 4.69) is 50.4 Å². The Morgan fingerprint density at radius 1 is 1.19 bits per heavy atom. The normalized spacial score (nSPS) is 39.1. The Hall–Kier alpha value is -1.03. The summed E-state index contributed by atoms with van der Waals surface area (Å²) in [6, 6.07) is 0.376. The van der Waals surface area contributed by atoms with Gasteiger partial charge in [0.1, 0.15) is 0 Å². The zero-order valence-corrected chi connectivity index (χ0v) is 17.1. The summed E-state index contributed by atoms with van der Waals surface area (Å²) in [7, 11) is 0. The molecule has 0 radical (unpaired) electrons. The van der Waals surface area contributed by atoms with Crippen LogP contribution in [-0.4, -0.2) is 34.7 Å². The van der Waals surface area contributed by atoms with E-state index in [0.29, 0.717) is 23.3 Å². The van der Waals surface area contributed by atoms with Crippen LogP contribution in [0.5, 0.6) is 0 Å². The first-order valence-corrected chi connectivity index (χ1v) is 11.2. The zero-order chi connectivity index (χ0) is 18.4. The molecule has 142 valence electrons. The number of aliphatic imine (C=N–C) groups is 1. The molecule has 0 aromatic heterocycles. The minimum absolute atomic E-state index is 0.0428. The number of nitrogens with one attached hydrogen (secondary N) is 1. The highest BCUT2D eigenvalue weighted by molar-refractivity contribution is 8.02. The Labute approximate surface area is 162 Å². The van der Waals surface area contributed by atoms with Gasteiger partial charge in [0.25, 0.3) is 0 Å². The summed E-state index contributed by atoms with van der Waals surface area (Å²) in [6.07, 6.45) is 14.4. The van der Waals surface area contributed by atoms with Crippen LogP contribution in [0.4, 0.5) is 0 Å². The number of hydrogen-bond donors (Lipinski definition) is 1. The maximum Gasteiger partial charge on any atom is 0.224 e. The summed E-state index contributed by atoms with van der Waals surface area (Å²) < 4.78 is -0.0428. The monoisotopic (exact) mass is 372 g/mol. The lowest BCUT2D eigenvalue weighted by Gasteiger charge is -2.39. The quantitative estimate of drug-likeness (QED) is 0.781. The van der Waals surface area contributed by atoms with Crippen LogP contribution in [0, 0.1) is 23.2 Å². The van der Waals surface area contributed by atoms with E-state index in [1.807, 2.05) is 11.8 Å². The first-order valence-electron chi connectivity index (χ1n) is 10.3. The third-order valence-electron chi connectivity index (χ3n) is 7.00. The van der Waals surface area contributed by atoms with Gasteiger partial charge in [-0.1, -0.05) is 39.0 Å². The summed E-state index contributed by atoms with van der Waals surface area (Å²) in [6.45, 7) is 7.90. The summed E-state index contributed by atoms with van der Waals surface area (Å²) in [5.41, 5.74) is 1.57. The van der Waals surface area contributed by atoms with Crippen molar-refractivity contribution in [1.82, 2.24) is 5.32 Å². The van der Waals surface area contributed by atoms with Gasteiger partial charge in [-0.15, -0.1) is 11.8 Å². The number of thioether (sulfide) groups is 1. The van der Waals surface area contributed by atoms with Crippen LogP contribution in [0.1, 0.15) is 52.9 Å². The third-order valence-corrected chi connectivity index (χ3v) is 8.66. The number of rotatable bonds is 2. The minimum Gasteiger partial charge on any atom is -0.353 e. The SMILES string of the molecule is CC(C)(C)C1CCC(NC(=O)C2CSC34C=CC=CC3=NCCC24)CC1. The minimum atomic E-state index is -0.0428. The summed E-state index contributed by atoms with van der Waals surface area (Å²) in [5, 5.41) is 3.42. The van der Waals surface area contributed by atoms with Crippen LogP contribution in [0.3, 0.4) is 0 Å². The highest BCUT2D eigenvalue weighted by Gasteiger charge is 2.54. The van der Waals surface area contributed by atoms with Gasteiger partial charge < -0.3 is 5.32 Å². The standard InChI is InChI=1S/C22H32N2OS/c1-21(2,3)15-7-9-16(10-8-15)24-20(25)17-14-26-22-12-5-4-6-19(22)23-13-11-18(17)22/h4-6,12,15-18H,7-11,13-14H2,1-3H3,(H,24,25). The van der Waals surface area contributed by atoms with E-state index in [9.17, 15) is 4.79 Å².